The number of unbranched alkanes of at least 4 members (excludes halogenated alkanes) is 1. The van der Waals surface area contributed by atoms with Crippen LogP contribution >= 0.6 is 0 Å². The summed E-state index contributed by atoms with van der Waals surface area (Å²) in [6.45, 7) is 5.10. The molecule has 1 fully saturated rings. The van der Waals surface area contributed by atoms with Gasteiger partial charge in [0.15, 0.2) is 0 Å². The summed E-state index contributed by atoms with van der Waals surface area (Å²) < 4.78 is 0. The minimum Gasteiger partial charge on any atom is -0.336 e. The van der Waals surface area contributed by atoms with Crippen LogP contribution in [0.15, 0.2) is 48.1 Å². The summed E-state index contributed by atoms with van der Waals surface area (Å²) >= 11 is 0. The smallest absolute Gasteiger partial charge is 0.223 e. The zero-order valence-electron chi connectivity index (χ0n) is 15.4. The molecule has 25 heavy (non-hydrogen) atoms. The Morgan fingerprint density at radius 2 is 2.04 bits per heavy atom. The number of benzene rings is 1. The highest BCUT2D eigenvalue weighted by molar-refractivity contribution is 5.79. The molecule has 134 valence electrons. The molecule has 1 aliphatic heterocycles. The van der Waals surface area contributed by atoms with E-state index in [1.165, 1.54) is 18.4 Å². The van der Waals surface area contributed by atoms with Crippen molar-refractivity contribution in [1.29, 1.82) is 0 Å². The molecule has 0 unspecified atom stereocenters. The Balaban J connectivity index is 1.90. The van der Waals surface area contributed by atoms with Crippen LogP contribution in [0.2, 0.25) is 0 Å². The lowest BCUT2D eigenvalue weighted by Crippen LogP contribution is -2.33. The van der Waals surface area contributed by atoms with Gasteiger partial charge in [-0.15, -0.1) is 0 Å². The van der Waals surface area contributed by atoms with Crippen LogP contribution in [0.1, 0.15) is 61.9 Å². The van der Waals surface area contributed by atoms with E-state index in [1.807, 2.05) is 29.2 Å². The lowest BCUT2D eigenvalue weighted by molar-refractivity contribution is -0.128. The summed E-state index contributed by atoms with van der Waals surface area (Å²) in [7, 11) is 0. The fourth-order valence-electron chi connectivity index (χ4n) is 3.15. The molecule has 0 bridgehead atoms. The Bertz CT molecular complexity index is 628. The summed E-state index contributed by atoms with van der Waals surface area (Å²) in [6, 6.07) is 7.80. The van der Waals surface area contributed by atoms with Crippen LogP contribution in [-0.2, 0) is 11.2 Å². The maximum Gasteiger partial charge on any atom is 0.223 e. The molecule has 1 heterocycles. The number of amides is 1. The first-order chi connectivity index (χ1) is 12.1. The third-order valence-corrected chi connectivity index (χ3v) is 4.77. The molecule has 0 radical (unpaired) electrons. The Kier molecular flexibility index (Phi) is 7.65. The molecule has 3 heteroatoms. The van der Waals surface area contributed by atoms with Gasteiger partial charge >= 0.3 is 0 Å². The van der Waals surface area contributed by atoms with Crippen molar-refractivity contribution in [2.24, 2.45) is 0 Å². The fourth-order valence-corrected chi connectivity index (χ4v) is 3.15. The van der Waals surface area contributed by atoms with Crippen LogP contribution in [0.3, 0.4) is 0 Å². The van der Waals surface area contributed by atoms with Gasteiger partial charge < -0.3 is 4.90 Å². The predicted molar refractivity (Wildman–Crippen MR) is 103 cm³/mol. The van der Waals surface area contributed by atoms with Crippen LogP contribution in [-0.4, -0.2) is 29.7 Å². The van der Waals surface area contributed by atoms with Crippen molar-refractivity contribution in [3.63, 3.8) is 0 Å². The van der Waals surface area contributed by atoms with E-state index < -0.39 is 0 Å². The molecule has 0 spiro atoms. The van der Waals surface area contributed by atoms with Crippen molar-refractivity contribution in [2.75, 3.05) is 6.54 Å². The van der Waals surface area contributed by atoms with Gasteiger partial charge in [0.2, 0.25) is 5.91 Å². The average Bonchev–Trinajstić information content (AvgIpc) is 2.98. The number of nitrogens with zero attached hydrogens (tertiary/aromatic N) is 1. The summed E-state index contributed by atoms with van der Waals surface area (Å²) in [4.78, 5) is 24.9. The molecule has 1 atom stereocenters. The zero-order valence-corrected chi connectivity index (χ0v) is 15.4. The largest absolute Gasteiger partial charge is 0.336 e. The topological polar surface area (TPSA) is 37.4 Å². The van der Waals surface area contributed by atoms with E-state index in [0.29, 0.717) is 12.0 Å². The third-order valence-electron chi connectivity index (χ3n) is 4.77. The molecule has 1 aliphatic rings. The predicted octanol–water partition coefficient (Wildman–Crippen LogP) is 4.73. The number of likely N-dealkylation sites (tertiary alicyclic amines) is 1. The van der Waals surface area contributed by atoms with Crippen LogP contribution in [0.5, 0.6) is 0 Å². The standard InChI is InChI=1S/C22H29NO2/c1-3-4-6-18(2)7-5-8-21-13-14-22(25)23(21)16-15-19-9-11-20(17-24)12-10-19/h5,7-12,17,21H,3-4,6,13-16H2,1-2H3/b8-5-,18-7+/t21-/m0/s1. The lowest BCUT2D eigenvalue weighted by Gasteiger charge is -2.22. The molecule has 2 rings (SSSR count). The van der Waals surface area contributed by atoms with E-state index in [1.54, 1.807) is 0 Å². The highest BCUT2D eigenvalue weighted by Gasteiger charge is 2.28. The van der Waals surface area contributed by atoms with E-state index in [2.05, 4.69) is 32.1 Å². The van der Waals surface area contributed by atoms with Crippen molar-refractivity contribution in [3.05, 3.63) is 59.2 Å². The van der Waals surface area contributed by atoms with E-state index in [0.717, 1.165) is 37.7 Å². The first kappa shape index (κ1) is 19.2. The van der Waals surface area contributed by atoms with Gasteiger partial charge in [-0.1, -0.05) is 61.4 Å². The molecule has 1 aromatic carbocycles. The van der Waals surface area contributed by atoms with Crippen molar-refractivity contribution < 1.29 is 9.59 Å². The minimum atomic E-state index is 0.206. The van der Waals surface area contributed by atoms with E-state index in [9.17, 15) is 9.59 Å². The summed E-state index contributed by atoms with van der Waals surface area (Å²) in [5.41, 5.74) is 3.24. The number of rotatable bonds is 9. The second-order valence-corrected chi connectivity index (χ2v) is 6.80. The van der Waals surface area contributed by atoms with Crippen molar-refractivity contribution in [2.45, 2.75) is 58.4 Å². The summed E-state index contributed by atoms with van der Waals surface area (Å²) in [5, 5.41) is 0. The van der Waals surface area contributed by atoms with Gasteiger partial charge in [0.25, 0.3) is 0 Å². The molecule has 1 aromatic rings. The van der Waals surface area contributed by atoms with Gasteiger partial charge in [-0.25, -0.2) is 0 Å². The van der Waals surface area contributed by atoms with Gasteiger partial charge in [-0.2, -0.15) is 0 Å². The van der Waals surface area contributed by atoms with Crippen LogP contribution in [0.25, 0.3) is 0 Å². The van der Waals surface area contributed by atoms with Crippen molar-refractivity contribution >= 4 is 12.2 Å². The molecular weight excluding hydrogens is 310 g/mol. The Morgan fingerprint density at radius 1 is 1.28 bits per heavy atom. The molecule has 0 aromatic heterocycles. The quantitative estimate of drug-likeness (QED) is 0.482. The summed E-state index contributed by atoms with van der Waals surface area (Å²) in [5.74, 6) is 0.242. The van der Waals surface area contributed by atoms with E-state index in [4.69, 9.17) is 0 Å². The minimum absolute atomic E-state index is 0.206. The molecule has 1 saturated heterocycles. The number of carbonyl (C=O) groups excluding carboxylic acids is 2. The monoisotopic (exact) mass is 339 g/mol. The maximum absolute atomic E-state index is 12.2. The van der Waals surface area contributed by atoms with Crippen LogP contribution in [0.4, 0.5) is 0 Å². The van der Waals surface area contributed by atoms with Gasteiger partial charge in [-0.05, 0) is 38.2 Å². The van der Waals surface area contributed by atoms with Gasteiger partial charge in [0.1, 0.15) is 6.29 Å². The van der Waals surface area contributed by atoms with E-state index in [-0.39, 0.29) is 11.9 Å². The second-order valence-electron chi connectivity index (χ2n) is 6.80. The number of hydrogen-bond donors (Lipinski definition) is 0. The van der Waals surface area contributed by atoms with Crippen LogP contribution in [0, 0.1) is 0 Å². The highest BCUT2D eigenvalue weighted by atomic mass is 16.2. The molecule has 0 saturated carbocycles. The Hall–Kier alpha value is -2.16. The lowest BCUT2D eigenvalue weighted by atomic mass is 10.1. The molecule has 1 amide bonds. The fraction of sp³-hybridized carbons (Fsp3) is 0.455. The maximum atomic E-state index is 12.2. The van der Waals surface area contributed by atoms with Crippen LogP contribution < -0.4 is 0 Å². The third kappa shape index (κ3) is 6.00. The second kappa shape index (κ2) is 9.97. The Labute approximate surface area is 151 Å². The molecular formula is C22H29NO2. The number of allylic oxidation sites excluding steroid dienone is 3. The SMILES string of the molecule is CCCC/C(C)=C/C=C\[C@H]1CCC(=O)N1CCc1ccc(C=O)cc1. The molecule has 3 nitrogen and oxygen atoms in total. The van der Waals surface area contributed by atoms with Gasteiger partial charge in [0.05, 0.1) is 6.04 Å². The first-order valence-electron chi connectivity index (χ1n) is 9.31. The zero-order chi connectivity index (χ0) is 18.1. The van der Waals surface area contributed by atoms with Gasteiger partial charge in [-0.3, -0.25) is 9.59 Å². The molecule has 0 N–H and O–H groups in total. The Morgan fingerprint density at radius 3 is 2.72 bits per heavy atom. The molecule has 0 aliphatic carbocycles. The number of aldehydes is 1. The summed E-state index contributed by atoms with van der Waals surface area (Å²) in [6.07, 6.45) is 13.3. The van der Waals surface area contributed by atoms with Crippen molar-refractivity contribution in [3.8, 4) is 0 Å². The van der Waals surface area contributed by atoms with E-state index >= 15 is 0 Å². The first-order valence-corrected chi connectivity index (χ1v) is 9.31. The average molecular weight is 339 g/mol. The highest BCUT2D eigenvalue weighted by Crippen LogP contribution is 2.21. The number of carbonyl (C=O) groups is 2. The van der Waals surface area contributed by atoms with Crippen molar-refractivity contribution in [1.82, 2.24) is 4.90 Å². The number of hydrogen-bond acceptors (Lipinski definition) is 2. The normalized spacial score (nSPS) is 18.3. The van der Waals surface area contributed by atoms with Gasteiger partial charge in [0, 0.05) is 18.5 Å².